The van der Waals surface area contributed by atoms with Crippen molar-refractivity contribution >= 4 is 17.6 Å². The van der Waals surface area contributed by atoms with Crippen molar-refractivity contribution in [3.8, 4) is 0 Å². The number of amides is 1. The van der Waals surface area contributed by atoms with E-state index in [1.54, 1.807) is 4.90 Å². The Morgan fingerprint density at radius 3 is 2.14 bits per heavy atom. The Hall–Kier alpha value is -3.32. The molecule has 0 bridgehead atoms. The zero-order valence-electron chi connectivity index (χ0n) is 26.0. The number of carbonyl (C=O) groups excluding carboxylic acids is 2. The lowest BCUT2D eigenvalue weighted by atomic mass is 9.80. The number of hydrogen-bond acceptors (Lipinski definition) is 6. The summed E-state index contributed by atoms with van der Waals surface area (Å²) in [5, 5.41) is 0. The second-order valence-electron chi connectivity index (χ2n) is 13.1. The van der Waals surface area contributed by atoms with Gasteiger partial charge in [0.25, 0.3) is 0 Å². The number of carbonyl (C=O) groups is 2. The maximum Gasteiger partial charge on any atom is 0.410 e. The van der Waals surface area contributed by atoms with Gasteiger partial charge >= 0.3 is 12.1 Å². The Bertz CT molecular complexity index is 1300. The zero-order valence-corrected chi connectivity index (χ0v) is 26.0. The Labute approximate surface area is 250 Å². The molecule has 0 N–H and O–H groups in total. The number of hydrogen-bond donors (Lipinski definition) is 0. The average molecular weight is 576 g/mol. The van der Waals surface area contributed by atoms with Crippen LogP contribution in [0, 0.1) is 20.8 Å². The molecular formula is C35H45NO6. The lowest BCUT2D eigenvalue weighted by molar-refractivity contribution is -0.155. The molecule has 1 saturated carbocycles. The van der Waals surface area contributed by atoms with Crippen molar-refractivity contribution in [3.05, 3.63) is 76.0 Å². The molecule has 42 heavy (non-hydrogen) atoms. The highest BCUT2D eigenvalue weighted by molar-refractivity contribution is 6.20. The van der Waals surface area contributed by atoms with Crippen LogP contribution < -0.4 is 0 Å². The van der Waals surface area contributed by atoms with E-state index in [2.05, 4.69) is 19.1 Å². The van der Waals surface area contributed by atoms with Gasteiger partial charge in [-0.1, -0.05) is 48.0 Å². The van der Waals surface area contributed by atoms with Crippen LogP contribution in [-0.2, 0) is 30.3 Å². The number of benzene rings is 2. The molecule has 2 fully saturated rings. The van der Waals surface area contributed by atoms with Crippen molar-refractivity contribution in [2.75, 3.05) is 13.1 Å². The van der Waals surface area contributed by atoms with Gasteiger partial charge in [0.05, 0.1) is 12.2 Å². The molecule has 5 rings (SSSR count). The molecule has 0 unspecified atom stereocenters. The van der Waals surface area contributed by atoms with Gasteiger partial charge in [-0.15, -0.1) is 0 Å². The molecule has 1 spiro atoms. The highest BCUT2D eigenvalue weighted by Gasteiger charge is 2.52. The molecule has 2 aliphatic heterocycles. The minimum absolute atomic E-state index is 0.0784. The number of likely N-dealkylation sites (tertiary alicyclic amines) is 1. The van der Waals surface area contributed by atoms with E-state index < -0.39 is 11.2 Å². The number of nitrogens with zero attached hydrogens (tertiary/aromatic N) is 1. The van der Waals surface area contributed by atoms with Crippen molar-refractivity contribution in [3.63, 3.8) is 0 Å². The largest absolute Gasteiger partial charge is 0.488 e. The first-order valence-electron chi connectivity index (χ1n) is 15.3. The summed E-state index contributed by atoms with van der Waals surface area (Å²) < 4.78 is 24.9. The van der Waals surface area contributed by atoms with Crippen LogP contribution in [0.15, 0.2) is 48.2 Å². The van der Waals surface area contributed by atoms with Crippen molar-refractivity contribution in [1.29, 1.82) is 0 Å². The first kappa shape index (κ1) is 30.1. The first-order chi connectivity index (χ1) is 19.9. The third kappa shape index (κ3) is 6.67. The topological polar surface area (TPSA) is 74.3 Å². The van der Waals surface area contributed by atoms with Crippen LogP contribution in [0.2, 0.25) is 0 Å². The van der Waals surface area contributed by atoms with Gasteiger partial charge in [-0.05, 0) is 102 Å². The summed E-state index contributed by atoms with van der Waals surface area (Å²) >= 11 is 0. The molecule has 2 aromatic rings. The predicted octanol–water partition coefficient (Wildman–Crippen LogP) is 7.19. The van der Waals surface area contributed by atoms with Crippen molar-refractivity contribution in [2.24, 2.45) is 0 Å². The number of ether oxygens (including phenoxy) is 4. The fourth-order valence-electron chi connectivity index (χ4n) is 6.61. The van der Waals surface area contributed by atoms with Crippen LogP contribution in [0.4, 0.5) is 4.79 Å². The Morgan fingerprint density at radius 2 is 1.55 bits per heavy atom. The molecule has 3 aliphatic rings. The summed E-state index contributed by atoms with van der Waals surface area (Å²) in [6.45, 7) is 13.5. The fraction of sp³-hybridized carbons (Fsp3) is 0.543. The zero-order chi connectivity index (χ0) is 30.1. The van der Waals surface area contributed by atoms with Crippen molar-refractivity contribution in [1.82, 2.24) is 4.90 Å². The lowest BCUT2D eigenvalue weighted by Gasteiger charge is -2.39. The molecule has 0 atom stereocenters. The summed E-state index contributed by atoms with van der Waals surface area (Å²) in [4.78, 5) is 27.8. The van der Waals surface area contributed by atoms with Crippen LogP contribution in [0.25, 0.3) is 5.57 Å². The molecule has 2 heterocycles. The normalized spacial score (nSPS) is 23.3. The standard InChI is InChI=1S/C35H45NO6/c1-23-20-24(2)29(25(3)21-23)30-31(39-22-26-10-8-7-9-11-26)35(41-32(30)37)16-12-27(13-17-35)40-28-14-18-36(19-15-28)33(38)42-34(4,5)6/h7-11,20-21,27-28H,12-19,22H2,1-6H3. The van der Waals surface area contributed by atoms with E-state index in [-0.39, 0.29) is 24.3 Å². The maximum atomic E-state index is 13.6. The highest BCUT2D eigenvalue weighted by Crippen LogP contribution is 2.49. The van der Waals surface area contributed by atoms with E-state index in [4.69, 9.17) is 18.9 Å². The van der Waals surface area contributed by atoms with Crippen LogP contribution in [0.3, 0.4) is 0 Å². The minimum Gasteiger partial charge on any atom is -0.488 e. The molecule has 7 nitrogen and oxygen atoms in total. The van der Waals surface area contributed by atoms with E-state index in [0.29, 0.717) is 43.9 Å². The molecular weight excluding hydrogens is 530 g/mol. The summed E-state index contributed by atoms with van der Waals surface area (Å²) in [6, 6.07) is 14.3. The van der Waals surface area contributed by atoms with Gasteiger partial charge < -0.3 is 23.8 Å². The number of piperidine rings is 1. The summed E-state index contributed by atoms with van der Waals surface area (Å²) in [7, 11) is 0. The monoisotopic (exact) mass is 575 g/mol. The van der Waals surface area contributed by atoms with Gasteiger partial charge in [-0.3, -0.25) is 0 Å². The summed E-state index contributed by atoms with van der Waals surface area (Å²) in [6.07, 6.45) is 4.35. The SMILES string of the molecule is Cc1cc(C)c(C2=C(OCc3ccccc3)C3(CCC(OC4CCN(C(=O)OC(C)(C)C)CC4)CC3)OC2=O)c(C)c1. The van der Waals surface area contributed by atoms with Gasteiger partial charge in [0, 0.05) is 13.1 Å². The van der Waals surface area contributed by atoms with Crippen LogP contribution in [0.1, 0.15) is 87.1 Å². The van der Waals surface area contributed by atoms with Crippen LogP contribution >= 0.6 is 0 Å². The van der Waals surface area contributed by atoms with Gasteiger partial charge in [-0.25, -0.2) is 9.59 Å². The van der Waals surface area contributed by atoms with Gasteiger partial charge in [-0.2, -0.15) is 0 Å². The molecule has 2 aromatic carbocycles. The number of rotatable bonds is 6. The Balaban J connectivity index is 1.29. The summed E-state index contributed by atoms with van der Waals surface area (Å²) in [5.41, 5.74) is 4.50. The molecule has 1 aliphatic carbocycles. The maximum absolute atomic E-state index is 13.6. The van der Waals surface area contributed by atoms with E-state index in [1.165, 1.54) is 0 Å². The van der Waals surface area contributed by atoms with Crippen LogP contribution in [-0.4, -0.2) is 53.5 Å². The Kier molecular flexibility index (Phi) is 8.70. The second kappa shape index (κ2) is 12.1. The molecule has 7 heteroatoms. The van der Waals surface area contributed by atoms with Crippen LogP contribution in [0.5, 0.6) is 0 Å². The molecule has 0 aromatic heterocycles. The highest BCUT2D eigenvalue weighted by atomic mass is 16.6. The predicted molar refractivity (Wildman–Crippen MR) is 162 cm³/mol. The van der Waals surface area contributed by atoms with E-state index >= 15 is 0 Å². The third-order valence-corrected chi connectivity index (χ3v) is 8.50. The number of esters is 1. The molecule has 1 amide bonds. The summed E-state index contributed by atoms with van der Waals surface area (Å²) in [5.74, 6) is 0.359. The average Bonchev–Trinajstić information content (AvgIpc) is 3.18. The molecule has 1 saturated heterocycles. The number of aryl methyl sites for hydroxylation is 3. The fourth-order valence-corrected chi connectivity index (χ4v) is 6.61. The Morgan fingerprint density at radius 1 is 0.952 bits per heavy atom. The van der Waals surface area contributed by atoms with Crippen molar-refractivity contribution < 1.29 is 28.5 Å². The second-order valence-corrected chi connectivity index (χ2v) is 13.1. The quantitative estimate of drug-likeness (QED) is 0.339. The van der Waals surface area contributed by atoms with Crippen molar-refractivity contribution in [2.45, 2.75) is 110 Å². The van der Waals surface area contributed by atoms with E-state index in [0.717, 1.165) is 53.5 Å². The lowest BCUT2D eigenvalue weighted by Crippen LogP contribution is -2.45. The van der Waals surface area contributed by atoms with Gasteiger partial charge in [0.1, 0.15) is 17.8 Å². The van der Waals surface area contributed by atoms with Gasteiger partial charge in [0.2, 0.25) is 0 Å². The minimum atomic E-state index is -0.787. The molecule has 226 valence electrons. The van der Waals surface area contributed by atoms with E-state index in [1.807, 2.05) is 65.0 Å². The molecule has 0 radical (unpaired) electrons. The van der Waals surface area contributed by atoms with Gasteiger partial charge in [0.15, 0.2) is 11.4 Å². The van der Waals surface area contributed by atoms with E-state index in [9.17, 15) is 9.59 Å². The smallest absolute Gasteiger partial charge is 0.410 e. The first-order valence-corrected chi connectivity index (χ1v) is 15.3. The third-order valence-electron chi connectivity index (χ3n) is 8.50.